The molecule has 1 aliphatic carbocycles. The van der Waals surface area contributed by atoms with Crippen LogP contribution in [0.4, 0.5) is 0 Å². The van der Waals surface area contributed by atoms with Gasteiger partial charge in [0.15, 0.2) is 0 Å². The Bertz CT molecular complexity index is 281. The normalized spacial score (nSPS) is 43.0. The van der Waals surface area contributed by atoms with E-state index in [1.54, 1.807) is 0 Å². The highest BCUT2D eigenvalue weighted by atomic mass is 15.3. The Kier molecular flexibility index (Phi) is 3.92. The van der Waals surface area contributed by atoms with E-state index in [1.807, 2.05) is 0 Å². The molecule has 3 heteroatoms. The summed E-state index contributed by atoms with van der Waals surface area (Å²) in [5, 5.41) is 3.58. The lowest BCUT2D eigenvalue weighted by Crippen LogP contribution is -2.59. The fourth-order valence-corrected chi connectivity index (χ4v) is 4.41. The molecule has 0 amide bonds. The summed E-state index contributed by atoms with van der Waals surface area (Å²) in [4.78, 5) is 5.53. The Morgan fingerprint density at radius 1 is 1.00 bits per heavy atom. The van der Waals surface area contributed by atoms with Crippen LogP contribution in [-0.2, 0) is 0 Å². The van der Waals surface area contributed by atoms with Crippen LogP contribution >= 0.6 is 0 Å². The maximum atomic E-state index is 3.58. The smallest absolute Gasteiger partial charge is 0.0252 e. The van der Waals surface area contributed by atoms with Crippen LogP contribution in [-0.4, -0.2) is 61.2 Å². The summed E-state index contributed by atoms with van der Waals surface area (Å²) in [7, 11) is 2.15. The molecule has 2 saturated heterocycles. The second-order valence-corrected chi connectivity index (χ2v) is 6.71. The number of hydrogen-bond donors (Lipinski definition) is 1. The van der Waals surface area contributed by atoms with Crippen LogP contribution in [0.25, 0.3) is 0 Å². The van der Waals surface area contributed by atoms with Crippen molar-refractivity contribution in [1.82, 2.24) is 15.1 Å². The lowest BCUT2D eigenvalue weighted by molar-refractivity contribution is 0.0345. The molecule has 2 heterocycles. The summed E-state index contributed by atoms with van der Waals surface area (Å²) >= 11 is 0. The lowest BCUT2D eigenvalue weighted by atomic mass is 9.82. The second kappa shape index (κ2) is 5.48. The molecule has 2 aliphatic heterocycles. The molecule has 3 rings (SSSR count). The van der Waals surface area contributed by atoms with Gasteiger partial charge in [0, 0.05) is 37.8 Å². The maximum absolute atomic E-state index is 3.58. The molecule has 0 aromatic heterocycles. The van der Waals surface area contributed by atoms with Gasteiger partial charge in [-0.3, -0.25) is 9.80 Å². The average Bonchev–Trinajstić information content (AvgIpc) is 2.85. The van der Waals surface area contributed by atoms with E-state index in [4.69, 9.17) is 0 Å². The number of nitrogens with one attached hydrogen (secondary N) is 1. The van der Waals surface area contributed by atoms with Crippen molar-refractivity contribution in [2.75, 3.05) is 33.2 Å². The summed E-state index contributed by atoms with van der Waals surface area (Å²) in [5.74, 6) is 0.918. The Balaban J connectivity index is 1.65. The third-order valence-electron chi connectivity index (χ3n) is 5.54. The number of rotatable bonds is 2. The fourth-order valence-electron chi connectivity index (χ4n) is 4.41. The van der Waals surface area contributed by atoms with Gasteiger partial charge in [0.1, 0.15) is 0 Å². The Labute approximate surface area is 112 Å². The summed E-state index contributed by atoms with van der Waals surface area (Å²) in [6.45, 7) is 7.73. The molecule has 4 unspecified atom stereocenters. The molecule has 3 aliphatic rings. The molecule has 0 aromatic carbocycles. The van der Waals surface area contributed by atoms with Crippen molar-refractivity contribution in [3.05, 3.63) is 0 Å². The molecule has 0 radical (unpaired) electrons. The first-order chi connectivity index (χ1) is 8.78. The fraction of sp³-hybridized carbons (Fsp3) is 1.00. The summed E-state index contributed by atoms with van der Waals surface area (Å²) in [6, 6.07) is 2.39. The van der Waals surface area contributed by atoms with Gasteiger partial charge >= 0.3 is 0 Å². The van der Waals surface area contributed by atoms with E-state index in [9.17, 15) is 0 Å². The molecule has 4 atom stereocenters. The first-order valence-electron chi connectivity index (χ1n) is 7.93. The monoisotopic (exact) mass is 251 g/mol. The minimum atomic E-state index is 0.731. The molecular formula is C15H29N3. The van der Waals surface area contributed by atoms with Crippen molar-refractivity contribution >= 4 is 0 Å². The number of fused-ring (bicyclic) bond motifs is 1. The van der Waals surface area contributed by atoms with Gasteiger partial charge in [0.05, 0.1) is 0 Å². The third kappa shape index (κ3) is 2.45. The Hall–Kier alpha value is -0.120. The highest BCUT2D eigenvalue weighted by Gasteiger charge is 2.37. The minimum absolute atomic E-state index is 0.731. The molecule has 18 heavy (non-hydrogen) atoms. The maximum Gasteiger partial charge on any atom is 0.0252 e. The van der Waals surface area contributed by atoms with Crippen LogP contribution < -0.4 is 5.32 Å². The van der Waals surface area contributed by atoms with Gasteiger partial charge in [-0.05, 0) is 51.6 Å². The molecule has 0 spiro atoms. The molecule has 1 N–H and O–H groups in total. The van der Waals surface area contributed by atoms with Gasteiger partial charge in [-0.2, -0.15) is 0 Å². The van der Waals surface area contributed by atoms with Crippen molar-refractivity contribution in [2.45, 2.75) is 57.2 Å². The van der Waals surface area contributed by atoms with Gasteiger partial charge in [-0.15, -0.1) is 0 Å². The van der Waals surface area contributed by atoms with Crippen molar-refractivity contribution in [3.8, 4) is 0 Å². The first kappa shape index (κ1) is 12.9. The van der Waals surface area contributed by atoms with Crippen LogP contribution in [0.2, 0.25) is 0 Å². The molecule has 0 aromatic rings. The highest BCUT2D eigenvalue weighted by Crippen LogP contribution is 2.31. The molecular weight excluding hydrogens is 222 g/mol. The number of hydrogen-bond acceptors (Lipinski definition) is 3. The van der Waals surface area contributed by atoms with Crippen molar-refractivity contribution in [3.63, 3.8) is 0 Å². The van der Waals surface area contributed by atoms with E-state index in [1.165, 1.54) is 58.3 Å². The van der Waals surface area contributed by atoms with Crippen LogP contribution in [0.1, 0.15) is 39.0 Å². The largest absolute Gasteiger partial charge is 0.315 e. The van der Waals surface area contributed by atoms with E-state index >= 15 is 0 Å². The van der Waals surface area contributed by atoms with E-state index in [2.05, 4.69) is 29.1 Å². The molecule has 0 bridgehead atoms. The second-order valence-electron chi connectivity index (χ2n) is 6.71. The van der Waals surface area contributed by atoms with E-state index in [-0.39, 0.29) is 0 Å². The van der Waals surface area contributed by atoms with E-state index < -0.39 is 0 Å². The van der Waals surface area contributed by atoms with Crippen LogP contribution in [0.3, 0.4) is 0 Å². The number of nitrogens with zero attached hydrogens (tertiary/aromatic N) is 2. The molecule has 3 nitrogen and oxygen atoms in total. The quantitative estimate of drug-likeness (QED) is 0.803. The van der Waals surface area contributed by atoms with Gasteiger partial charge in [-0.25, -0.2) is 0 Å². The number of piperazine rings is 1. The van der Waals surface area contributed by atoms with Crippen molar-refractivity contribution in [2.24, 2.45) is 5.92 Å². The average molecular weight is 251 g/mol. The van der Waals surface area contributed by atoms with Crippen LogP contribution in [0, 0.1) is 5.92 Å². The number of likely N-dealkylation sites (N-methyl/N-ethyl adjacent to an activating group) is 1. The SMILES string of the molecule is CNC1CCC(C)CC1N1CCN2CCCC2C1. The first-order valence-corrected chi connectivity index (χ1v) is 7.93. The van der Waals surface area contributed by atoms with Crippen molar-refractivity contribution in [1.29, 1.82) is 0 Å². The topological polar surface area (TPSA) is 18.5 Å². The third-order valence-corrected chi connectivity index (χ3v) is 5.54. The Morgan fingerprint density at radius 3 is 2.67 bits per heavy atom. The van der Waals surface area contributed by atoms with Crippen LogP contribution in [0.5, 0.6) is 0 Å². The predicted octanol–water partition coefficient (Wildman–Crippen LogP) is 1.54. The van der Waals surface area contributed by atoms with E-state index in [0.717, 1.165) is 24.0 Å². The zero-order valence-corrected chi connectivity index (χ0v) is 12.1. The lowest BCUT2D eigenvalue weighted by Gasteiger charge is -2.47. The summed E-state index contributed by atoms with van der Waals surface area (Å²) in [5.41, 5.74) is 0. The highest BCUT2D eigenvalue weighted by molar-refractivity contribution is 4.95. The van der Waals surface area contributed by atoms with Gasteiger partial charge in [-0.1, -0.05) is 6.92 Å². The minimum Gasteiger partial charge on any atom is -0.315 e. The van der Waals surface area contributed by atoms with Crippen molar-refractivity contribution < 1.29 is 0 Å². The molecule has 1 saturated carbocycles. The zero-order valence-electron chi connectivity index (χ0n) is 12.1. The Morgan fingerprint density at radius 2 is 1.83 bits per heavy atom. The molecule has 3 fully saturated rings. The van der Waals surface area contributed by atoms with Gasteiger partial charge < -0.3 is 5.32 Å². The van der Waals surface area contributed by atoms with Crippen LogP contribution in [0.15, 0.2) is 0 Å². The standard InChI is InChI=1S/C15H29N3/c1-12-5-6-14(16-2)15(10-12)18-9-8-17-7-3-4-13(17)11-18/h12-16H,3-11H2,1-2H3. The summed E-state index contributed by atoms with van der Waals surface area (Å²) < 4.78 is 0. The molecule has 104 valence electrons. The van der Waals surface area contributed by atoms with E-state index in [0.29, 0.717) is 0 Å². The van der Waals surface area contributed by atoms with Gasteiger partial charge in [0.25, 0.3) is 0 Å². The zero-order chi connectivity index (χ0) is 12.5. The summed E-state index contributed by atoms with van der Waals surface area (Å²) in [6.07, 6.45) is 7.04. The predicted molar refractivity (Wildman–Crippen MR) is 75.8 cm³/mol. The van der Waals surface area contributed by atoms with Gasteiger partial charge in [0.2, 0.25) is 0 Å².